The molecule has 0 atom stereocenters. The third-order valence-corrected chi connectivity index (χ3v) is 1.30. The van der Waals surface area contributed by atoms with E-state index in [-0.39, 0.29) is 0 Å². The standard InChI is InChI=1S/C8H11N3/c1-9-6-3-4-8-5-7-10-11(8)2/h5,7,9H,6H2,1-2H3. The highest BCUT2D eigenvalue weighted by atomic mass is 15.2. The Morgan fingerprint density at radius 2 is 2.55 bits per heavy atom. The van der Waals surface area contributed by atoms with Crippen LogP contribution in [0.2, 0.25) is 0 Å². The second-order valence-corrected chi connectivity index (χ2v) is 2.17. The van der Waals surface area contributed by atoms with Gasteiger partial charge in [-0.2, -0.15) is 5.10 Å². The van der Waals surface area contributed by atoms with Crippen LogP contribution in [0.25, 0.3) is 0 Å². The minimum Gasteiger partial charge on any atom is -0.309 e. The van der Waals surface area contributed by atoms with Gasteiger partial charge in [0.1, 0.15) is 5.69 Å². The highest BCUT2D eigenvalue weighted by molar-refractivity contribution is 5.26. The van der Waals surface area contributed by atoms with Gasteiger partial charge in [-0.05, 0) is 19.0 Å². The first kappa shape index (κ1) is 7.83. The van der Waals surface area contributed by atoms with Gasteiger partial charge < -0.3 is 5.32 Å². The molecule has 0 bridgehead atoms. The van der Waals surface area contributed by atoms with Crippen molar-refractivity contribution in [2.24, 2.45) is 7.05 Å². The van der Waals surface area contributed by atoms with Gasteiger partial charge in [-0.25, -0.2) is 0 Å². The zero-order chi connectivity index (χ0) is 8.10. The van der Waals surface area contributed by atoms with Crippen molar-refractivity contribution >= 4 is 0 Å². The minimum absolute atomic E-state index is 0.713. The highest BCUT2D eigenvalue weighted by Crippen LogP contribution is 1.90. The maximum Gasteiger partial charge on any atom is 0.110 e. The molecule has 0 unspecified atom stereocenters. The van der Waals surface area contributed by atoms with E-state index in [2.05, 4.69) is 22.3 Å². The predicted octanol–water partition coefficient (Wildman–Crippen LogP) is -0.00900. The molecule has 3 nitrogen and oxygen atoms in total. The van der Waals surface area contributed by atoms with Crippen LogP contribution in [0, 0.1) is 11.8 Å². The summed E-state index contributed by atoms with van der Waals surface area (Å²) in [5.41, 5.74) is 0.945. The fourth-order valence-electron chi connectivity index (χ4n) is 0.720. The molecule has 0 aromatic carbocycles. The lowest BCUT2D eigenvalue weighted by molar-refractivity contribution is 0.757. The van der Waals surface area contributed by atoms with E-state index in [0.717, 1.165) is 5.69 Å². The average molecular weight is 149 g/mol. The largest absolute Gasteiger partial charge is 0.309 e. The van der Waals surface area contributed by atoms with E-state index in [1.807, 2.05) is 20.2 Å². The maximum absolute atomic E-state index is 3.99. The van der Waals surface area contributed by atoms with Gasteiger partial charge in [0.15, 0.2) is 0 Å². The highest BCUT2D eigenvalue weighted by Gasteiger charge is 1.89. The van der Waals surface area contributed by atoms with Gasteiger partial charge in [0.05, 0.1) is 12.7 Å². The Labute approximate surface area is 66.4 Å². The van der Waals surface area contributed by atoms with Crippen molar-refractivity contribution in [2.75, 3.05) is 13.6 Å². The summed E-state index contributed by atoms with van der Waals surface area (Å²) in [6, 6.07) is 1.89. The average Bonchev–Trinajstić information content (AvgIpc) is 2.37. The Morgan fingerprint density at radius 1 is 1.73 bits per heavy atom. The first-order valence-corrected chi connectivity index (χ1v) is 3.46. The molecule has 1 N–H and O–H groups in total. The van der Waals surface area contributed by atoms with Gasteiger partial charge in [-0.1, -0.05) is 5.92 Å². The van der Waals surface area contributed by atoms with Crippen molar-refractivity contribution in [3.8, 4) is 11.8 Å². The molecule has 0 saturated carbocycles. The molecule has 0 spiro atoms. The molecule has 11 heavy (non-hydrogen) atoms. The number of nitrogens with zero attached hydrogens (tertiary/aromatic N) is 2. The van der Waals surface area contributed by atoms with Gasteiger partial charge in [0.2, 0.25) is 0 Å². The Balaban J connectivity index is 2.65. The zero-order valence-electron chi connectivity index (χ0n) is 6.76. The topological polar surface area (TPSA) is 29.9 Å². The summed E-state index contributed by atoms with van der Waals surface area (Å²) in [5.74, 6) is 5.94. The van der Waals surface area contributed by atoms with Crippen molar-refractivity contribution in [1.82, 2.24) is 15.1 Å². The fraction of sp³-hybridized carbons (Fsp3) is 0.375. The smallest absolute Gasteiger partial charge is 0.110 e. The summed E-state index contributed by atoms with van der Waals surface area (Å²) in [4.78, 5) is 0. The summed E-state index contributed by atoms with van der Waals surface area (Å²) in [6.45, 7) is 0.713. The molecule has 58 valence electrons. The second kappa shape index (κ2) is 3.79. The van der Waals surface area contributed by atoms with Crippen LogP contribution in [0.15, 0.2) is 12.3 Å². The quantitative estimate of drug-likeness (QED) is 0.569. The molecule has 0 fully saturated rings. The third-order valence-electron chi connectivity index (χ3n) is 1.30. The normalized spacial score (nSPS) is 8.91. The third kappa shape index (κ3) is 2.10. The Hall–Kier alpha value is -1.27. The van der Waals surface area contributed by atoms with Crippen LogP contribution in [0.4, 0.5) is 0 Å². The summed E-state index contributed by atoms with van der Waals surface area (Å²) >= 11 is 0. The van der Waals surface area contributed by atoms with Crippen molar-refractivity contribution in [3.05, 3.63) is 18.0 Å². The molecule has 1 rings (SSSR count). The molecule has 1 heterocycles. The van der Waals surface area contributed by atoms with E-state index in [1.54, 1.807) is 10.9 Å². The van der Waals surface area contributed by atoms with Gasteiger partial charge in [-0.3, -0.25) is 4.68 Å². The second-order valence-electron chi connectivity index (χ2n) is 2.17. The van der Waals surface area contributed by atoms with Crippen LogP contribution in [0.3, 0.4) is 0 Å². The van der Waals surface area contributed by atoms with Crippen LogP contribution >= 0.6 is 0 Å². The maximum atomic E-state index is 3.99. The van der Waals surface area contributed by atoms with E-state index in [0.29, 0.717) is 6.54 Å². The van der Waals surface area contributed by atoms with Gasteiger partial charge >= 0.3 is 0 Å². The van der Waals surface area contributed by atoms with Crippen LogP contribution < -0.4 is 5.32 Å². The number of hydrogen-bond acceptors (Lipinski definition) is 2. The Morgan fingerprint density at radius 3 is 3.09 bits per heavy atom. The summed E-state index contributed by atoms with van der Waals surface area (Å²) in [5, 5.41) is 6.94. The molecule has 0 aliphatic heterocycles. The molecule has 0 aliphatic carbocycles. The van der Waals surface area contributed by atoms with Crippen LogP contribution in [0.1, 0.15) is 5.69 Å². The van der Waals surface area contributed by atoms with E-state index in [1.165, 1.54) is 0 Å². The first-order valence-electron chi connectivity index (χ1n) is 3.46. The molecular formula is C8H11N3. The van der Waals surface area contributed by atoms with E-state index in [4.69, 9.17) is 0 Å². The van der Waals surface area contributed by atoms with Gasteiger partial charge in [-0.15, -0.1) is 0 Å². The summed E-state index contributed by atoms with van der Waals surface area (Å²) in [6.07, 6.45) is 1.74. The molecule has 1 aromatic rings. The lowest BCUT2D eigenvalue weighted by atomic mass is 10.4. The Kier molecular flexibility index (Phi) is 2.70. The van der Waals surface area contributed by atoms with Gasteiger partial charge in [0, 0.05) is 7.05 Å². The summed E-state index contributed by atoms with van der Waals surface area (Å²) in [7, 11) is 3.75. The van der Waals surface area contributed by atoms with Gasteiger partial charge in [0.25, 0.3) is 0 Å². The molecule has 1 aromatic heterocycles. The SMILES string of the molecule is CNCC#Cc1ccnn1C. The van der Waals surface area contributed by atoms with E-state index >= 15 is 0 Å². The van der Waals surface area contributed by atoms with Crippen molar-refractivity contribution < 1.29 is 0 Å². The predicted molar refractivity (Wildman–Crippen MR) is 44.0 cm³/mol. The number of rotatable bonds is 1. The van der Waals surface area contributed by atoms with Crippen molar-refractivity contribution in [1.29, 1.82) is 0 Å². The van der Waals surface area contributed by atoms with Crippen LogP contribution in [0.5, 0.6) is 0 Å². The van der Waals surface area contributed by atoms with Crippen LogP contribution in [-0.4, -0.2) is 23.4 Å². The zero-order valence-corrected chi connectivity index (χ0v) is 6.76. The monoisotopic (exact) mass is 149 g/mol. The van der Waals surface area contributed by atoms with Crippen molar-refractivity contribution in [2.45, 2.75) is 0 Å². The lowest BCUT2D eigenvalue weighted by Gasteiger charge is -1.89. The molecule has 0 amide bonds. The first-order chi connectivity index (χ1) is 5.34. The summed E-state index contributed by atoms with van der Waals surface area (Å²) < 4.78 is 1.75. The van der Waals surface area contributed by atoms with Crippen molar-refractivity contribution in [3.63, 3.8) is 0 Å². The number of hydrogen-bond donors (Lipinski definition) is 1. The molecular weight excluding hydrogens is 138 g/mol. The molecule has 0 radical (unpaired) electrons. The number of aryl methyl sites for hydroxylation is 1. The Bertz CT molecular complexity index is 277. The number of aromatic nitrogens is 2. The van der Waals surface area contributed by atoms with Crippen LogP contribution in [-0.2, 0) is 7.05 Å². The lowest BCUT2D eigenvalue weighted by Crippen LogP contribution is -2.04. The van der Waals surface area contributed by atoms with E-state index in [9.17, 15) is 0 Å². The molecule has 0 saturated heterocycles. The molecule has 3 heteroatoms. The minimum atomic E-state index is 0.713. The molecule has 0 aliphatic rings. The fourth-order valence-corrected chi connectivity index (χ4v) is 0.720. The van der Waals surface area contributed by atoms with E-state index < -0.39 is 0 Å². The number of nitrogens with one attached hydrogen (secondary N) is 1.